The third-order valence-electron chi connectivity index (χ3n) is 3.76. The molecule has 2 nitrogen and oxygen atoms in total. The molecule has 20 heavy (non-hydrogen) atoms. The van der Waals surface area contributed by atoms with Crippen LogP contribution >= 0.6 is 0 Å². The van der Waals surface area contributed by atoms with Gasteiger partial charge in [-0.1, -0.05) is 36.4 Å². The van der Waals surface area contributed by atoms with Crippen molar-refractivity contribution in [3.8, 4) is 0 Å². The average Bonchev–Trinajstić information content (AvgIpc) is 2.85. The van der Waals surface area contributed by atoms with Gasteiger partial charge in [0.2, 0.25) is 0 Å². The Labute approximate surface area is 117 Å². The summed E-state index contributed by atoms with van der Waals surface area (Å²) in [6, 6.07) is 14.5. The summed E-state index contributed by atoms with van der Waals surface area (Å²) in [5.41, 5.74) is 2.78. The maximum atomic E-state index is 13.5. The highest BCUT2D eigenvalue weighted by molar-refractivity contribution is 5.82. The summed E-state index contributed by atoms with van der Waals surface area (Å²) in [6.07, 6.45) is 0.629. The van der Waals surface area contributed by atoms with Gasteiger partial charge in [0.05, 0.1) is 0 Å². The van der Waals surface area contributed by atoms with Gasteiger partial charge in [-0.25, -0.2) is 4.39 Å². The van der Waals surface area contributed by atoms with Crippen LogP contribution in [0.5, 0.6) is 0 Å². The van der Waals surface area contributed by atoms with E-state index in [0.29, 0.717) is 12.0 Å². The van der Waals surface area contributed by atoms with Crippen LogP contribution in [0.1, 0.15) is 23.5 Å². The highest BCUT2D eigenvalue weighted by Gasteiger charge is 2.24. The quantitative estimate of drug-likeness (QED) is 0.920. The first-order chi connectivity index (χ1) is 9.74. The van der Waals surface area contributed by atoms with E-state index in [4.69, 9.17) is 0 Å². The Kier molecular flexibility index (Phi) is 3.50. The molecule has 0 aromatic heterocycles. The minimum Gasteiger partial charge on any atom is -0.384 e. The van der Waals surface area contributed by atoms with Gasteiger partial charge >= 0.3 is 0 Å². The van der Waals surface area contributed by atoms with E-state index in [2.05, 4.69) is 11.4 Å². The van der Waals surface area contributed by atoms with E-state index in [1.165, 1.54) is 11.6 Å². The number of carbonyl (C=O) groups is 1. The Morgan fingerprint density at radius 3 is 2.75 bits per heavy atom. The van der Waals surface area contributed by atoms with E-state index in [1.54, 1.807) is 18.2 Å². The second kappa shape index (κ2) is 5.45. The molecular weight excluding hydrogens is 253 g/mol. The Bertz CT molecular complexity index is 638. The number of anilines is 1. The topological polar surface area (TPSA) is 29.1 Å². The van der Waals surface area contributed by atoms with Crippen LogP contribution in [0.3, 0.4) is 0 Å². The van der Waals surface area contributed by atoms with E-state index in [9.17, 15) is 9.18 Å². The molecule has 3 heteroatoms. The van der Waals surface area contributed by atoms with Crippen LogP contribution in [0.15, 0.2) is 48.5 Å². The Balaban J connectivity index is 1.68. The molecule has 1 aliphatic rings. The zero-order chi connectivity index (χ0) is 13.9. The van der Waals surface area contributed by atoms with Crippen LogP contribution in [0, 0.1) is 5.82 Å². The molecule has 1 unspecified atom stereocenters. The summed E-state index contributed by atoms with van der Waals surface area (Å²) in [7, 11) is 0. The van der Waals surface area contributed by atoms with Crippen LogP contribution in [0.2, 0.25) is 0 Å². The molecule has 3 rings (SSSR count). The lowest BCUT2D eigenvalue weighted by atomic mass is 9.93. The van der Waals surface area contributed by atoms with Crippen molar-refractivity contribution in [1.29, 1.82) is 0 Å². The minimum absolute atomic E-state index is 0.0820. The molecule has 0 saturated carbocycles. The zero-order valence-electron chi connectivity index (χ0n) is 11.1. The van der Waals surface area contributed by atoms with Gasteiger partial charge in [-0.3, -0.25) is 4.79 Å². The summed E-state index contributed by atoms with van der Waals surface area (Å²) in [4.78, 5) is 12.1. The number of hydrogen-bond acceptors (Lipinski definition) is 2. The molecule has 0 amide bonds. The van der Waals surface area contributed by atoms with Crippen LogP contribution in [-0.2, 0) is 11.2 Å². The molecule has 0 bridgehead atoms. The highest BCUT2D eigenvalue weighted by Crippen LogP contribution is 2.33. The number of rotatable bonds is 4. The van der Waals surface area contributed by atoms with E-state index in [-0.39, 0.29) is 23.9 Å². The van der Waals surface area contributed by atoms with E-state index < -0.39 is 0 Å². The summed E-state index contributed by atoms with van der Waals surface area (Å²) >= 11 is 0. The lowest BCUT2D eigenvalue weighted by molar-refractivity contribution is -0.118. The minimum atomic E-state index is -0.300. The number of halogens is 1. The molecule has 2 aromatic carbocycles. The first-order valence-corrected chi connectivity index (χ1v) is 6.82. The van der Waals surface area contributed by atoms with Crippen molar-refractivity contribution in [2.75, 3.05) is 11.9 Å². The predicted octanol–water partition coefficient (Wildman–Crippen LogP) is 3.54. The van der Waals surface area contributed by atoms with Crippen molar-refractivity contribution in [2.24, 2.45) is 0 Å². The van der Waals surface area contributed by atoms with Gasteiger partial charge in [-0.15, -0.1) is 0 Å². The van der Waals surface area contributed by atoms with E-state index in [0.717, 1.165) is 12.2 Å². The summed E-state index contributed by atoms with van der Waals surface area (Å²) in [6.45, 7) is 0.780. The van der Waals surface area contributed by atoms with Crippen LogP contribution in [0.25, 0.3) is 0 Å². The number of para-hydroxylation sites is 1. The van der Waals surface area contributed by atoms with Crippen LogP contribution in [-0.4, -0.2) is 12.3 Å². The fourth-order valence-electron chi connectivity index (χ4n) is 2.74. The number of nitrogens with one attached hydrogen (secondary N) is 1. The third-order valence-corrected chi connectivity index (χ3v) is 3.76. The lowest BCUT2D eigenvalue weighted by Crippen LogP contribution is -2.12. The molecule has 0 saturated heterocycles. The number of fused-ring (bicyclic) bond motifs is 1. The fourth-order valence-corrected chi connectivity index (χ4v) is 2.74. The van der Waals surface area contributed by atoms with Gasteiger partial charge in [0.25, 0.3) is 0 Å². The standard InChI is InChI=1S/C17H16FNO/c18-16-7-3-1-5-12(16)9-14(20)10-13-11-19-17-8-4-2-6-15(13)17/h1-8,13,19H,9-11H2. The molecular formula is C17H16FNO. The van der Waals surface area contributed by atoms with Crippen LogP contribution < -0.4 is 5.32 Å². The maximum absolute atomic E-state index is 13.5. The van der Waals surface area contributed by atoms with E-state index in [1.807, 2.05) is 18.2 Å². The molecule has 0 spiro atoms. The smallest absolute Gasteiger partial charge is 0.138 e. The maximum Gasteiger partial charge on any atom is 0.138 e. The summed E-state index contributed by atoms with van der Waals surface area (Å²) < 4.78 is 13.5. The number of ketones is 1. The first-order valence-electron chi connectivity index (χ1n) is 6.82. The average molecular weight is 269 g/mol. The normalized spacial score (nSPS) is 16.6. The van der Waals surface area contributed by atoms with Gasteiger partial charge < -0.3 is 5.32 Å². The fraction of sp³-hybridized carbons (Fsp3) is 0.235. The molecule has 102 valence electrons. The lowest BCUT2D eigenvalue weighted by Gasteiger charge is -2.09. The number of benzene rings is 2. The SMILES string of the molecule is O=C(Cc1ccccc1F)CC1CNc2ccccc21. The van der Waals surface area contributed by atoms with E-state index >= 15 is 0 Å². The molecule has 1 aliphatic heterocycles. The number of Topliss-reactive ketones (excluding diaryl/α,β-unsaturated/α-hetero) is 1. The largest absolute Gasteiger partial charge is 0.384 e. The summed E-state index contributed by atoms with van der Waals surface area (Å²) in [5, 5.41) is 3.30. The molecule has 1 atom stereocenters. The number of hydrogen-bond donors (Lipinski definition) is 1. The molecule has 2 aromatic rings. The van der Waals surface area contributed by atoms with Crippen molar-refractivity contribution in [2.45, 2.75) is 18.8 Å². The van der Waals surface area contributed by atoms with Gasteiger partial charge in [0.1, 0.15) is 11.6 Å². The van der Waals surface area contributed by atoms with Gasteiger partial charge in [0, 0.05) is 31.0 Å². The van der Waals surface area contributed by atoms with Crippen molar-refractivity contribution in [3.63, 3.8) is 0 Å². The Hall–Kier alpha value is -2.16. The van der Waals surface area contributed by atoms with Crippen LogP contribution in [0.4, 0.5) is 10.1 Å². The third kappa shape index (κ3) is 2.57. The zero-order valence-corrected chi connectivity index (χ0v) is 11.1. The summed E-state index contributed by atoms with van der Waals surface area (Å²) in [5.74, 6) is -0.0186. The predicted molar refractivity (Wildman–Crippen MR) is 77.4 cm³/mol. The number of carbonyl (C=O) groups excluding carboxylic acids is 1. The second-order valence-electron chi connectivity index (χ2n) is 5.18. The molecule has 0 fully saturated rings. The van der Waals surface area contributed by atoms with Crippen molar-refractivity contribution in [3.05, 3.63) is 65.5 Å². The monoisotopic (exact) mass is 269 g/mol. The molecule has 1 heterocycles. The van der Waals surface area contributed by atoms with Gasteiger partial charge in [-0.2, -0.15) is 0 Å². The highest BCUT2D eigenvalue weighted by atomic mass is 19.1. The molecule has 0 radical (unpaired) electrons. The van der Waals surface area contributed by atoms with Crippen molar-refractivity contribution < 1.29 is 9.18 Å². The first kappa shape index (κ1) is 12.9. The molecule has 1 N–H and O–H groups in total. The van der Waals surface area contributed by atoms with Crippen molar-refractivity contribution in [1.82, 2.24) is 0 Å². The van der Waals surface area contributed by atoms with Gasteiger partial charge in [0.15, 0.2) is 0 Å². The van der Waals surface area contributed by atoms with Gasteiger partial charge in [-0.05, 0) is 23.3 Å². The van der Waals surface area contributed by atoms with Crippen molar-refractivity contribution >= 4 is 11.5 Å². The molecule has 0 aliphatic carbocycles. The Morgan fingerprint density at radius 2 is 1.90 bits per heavy atom. The second-order valence-corrected chi connectivity index (χ2v) is 5.18. The Morgan fingerprint density at radius 1 is 1.15 bits per heavy atom.